The molecule has 6 nitrogen and oxygen atoms in total. The van der Waals surface area contributed by atoms with Gasteiger partial charge in [-0.2, -0.15) is 0 Å². The van der Waals surface area contributed by atoms with Gasteiger partial charge in [0.05, 0.1) is 16.8 Å². The topological polar surface area (TPSA) is 84.2 Å². The molecule has 4 rings (SSSR count). The second-order valence-electron chi connectivity index (χ2n) is 8.26. The third kappa shape index (κ3) is 4.48. The van der Waals surface area contributed by atoms with Crippen molar-refractivity contribution >= 4 is 44.9 Å². The van der Waals surface area contributed by atoms with Gasteiger partial charge in [0.25, 0.3) is 5.56 Å². The molecule has 0 bridgehead atoms. The summed E-state index contributed by atoms with van der Waals surface area (Å²) < 4.78 is 1.57. The second-order valence-corrected chi connectivity index (χ2v) is 10.4. The Morgan fingerprint density at radius 3 is 2.62 bits per heavy atom. The molecule has 2 heterocycles. The van der Waals surface area contributed by atoms with Crippen LogP contribution in [0.1, 0.15) is 34.1 Å². The lowest BCUT2D eigenvalue weighted by molar-refractivity contribution is -0.113. The van der Waals surface area contributed by atoms with Crippen molar-refractivity contribution in [1.29, 1.82) is 0 Å². The number of phenols is 1. The predicted molar refractivity (Wildman–Crippen MR) is 141 cm³/mol. The molecule has 0 aliphatic heterocycles. The molecule has 0 aliphatic carbocycles. The Labute approximate surface area is 206 Å². The van der Waals surface area contributed by atoms with Crippen molar-refractivity contribution in [1.82, 2.24) is 9.55 Å². The molecule has 0 atom stereocenters. The summed E-state index contributed by atoms with van der Waals surface area (Å²) in [5.41, 5.74) is 5.15. The lowest BCUT2D eigenvalue weighted by atomic mass is 10.1. The van der Waals surface area contributed by atoms with Crippen LogP contribution in [0.3, 0.4) is 0 Å². The Hall–Kier alpha value is -3.10. The number of aryl methyl sites for hydroxylation is 4. The first-order chi connectivity index (χ1) is 16.2. The first kappa shape index (κ1) is 24.0. The van der Waals surface area contributed by atoms with Crippen LogP contribution in [-0.2, 0) is 11.2 Å². The van der Waals surface area contributed by atoms with Crippen molar-refractivity contribution < 1.29 is 9.90 Å². The van der Waals surface area contributed by atoms with Crippen molar-refractivity contribution in [2.75, 3.05) is 11.1 Å². The molecule has 34 heavy (non-hydrogen) atoms. The molecule has 0 fully saturated rings. The molecule has 0 spiro atoms. The first-order valence-electron chi connectivity index (χ1n) is 11.0. The molecule has 2 aromatic carbocycles. The van der Waals surface area contributed by atoms with E-state index in [1.807, 2.05) is 52.8 Å². The van der Waals surface area contributed by atoms with Crippen LogP contribution in [0.4, 0.5) is 5.69 Å². The molecular weight excluding hydrogens is 466 g/mol. The summed E-state index contributed by atoms with van der Waals surface area (Å²) in [5.74, 6) is 0.0673. The third-order valence-electron chi connectivity index (χ3n) is 5.98. The van der Waals surface area contributed by atoms with E-state index in [2.05, 4.69) is 5.32 Å². The fraction of sp³-hybridized carbons (Fsp3) is 0.269. The van der Waals surface area contributed by atoms with Crippen molar-refractivity contribution in [3.63, 3.8) is 0 Å². The van der Waals surface area contributed by atoms with Crippen LogP contribution >= 0.6 is 23.1 Å². The van der Waals surface area contributed by atoms with Crippen molar-refractivity contribution in [2.24, 2.45) is 0 Å². The van der Waals surface area contributed by atoms with E-state index >= 15 is 0 Å². The third-order valence-corrected chi connectivity index (χ3v) is 7.96. The number of nitrogens with one attached hydrogen (secondary N) is 1. The van der Waals surface area contributed by atoms with E-state index in [0.29, 0.717) is 21.1 Å². The molecule has 0 aliphatic rings. The number of hydrogen-bond acceptors (Lipinski definition) is 6. The molecule has 0 saturated carbocycles. The Morgan fingerprint density at radius 2 is 1.91 bits per heavy atom. The number of phenolic OH excluding ortho intramolecular Hbond substituents is 1. The molecule has 2 aromatic heterocycles. The standard InChI is InChI=1S/C26H27N3O3S2/c1-6-19-17(5)34-24-23(19)25(32)29(21-11-10-18(30)12-15(21)3)26(28-24)33-13-22(31)27-20-9-7-8-14(2)16(20)4/h7-12,30H,6,13H2,1-5H3,(H,27,31). The van der Waals surface area contributed by atoms with E-state index < -0.39 is 0 Å². The van der Waals surface area contributed by atoms with E-state index in [1.54, 1.807) is 22.8 Å². The number of amides is 1. The monoisotopic (exact) mass is 493 g/mol. The van der Waals surface area contributed by atoms with Crippen LogP contribution < -0.4 is 10.9 Å². The highest BCUT2D eigenvalue weighted by atomic mass is 32.2. The minimum absolute atomic E-state index is 0.105. The zero-order valence-corrected chi connectivity index (χ0v) is 21.5. The Kier molecular flexibility index (Phi) is 6.81. The number of anilines is 1. The first-order valence-corrected chi connectivity index (χ1v) is 12.8. The summed E-state index contributed by atoms with van der Waals surface area (Å²) in [5, 5.41) is 13.9. The van der Waals surface area contributed by atoms with Crippen LogP contribution in [0.25, 0.3) is 15.9 Å². The maximum absolute atomic E-state index is 13.8. The largest absolute Gasteiger partial charge is 0.508 e. The molecule has 176 valence electrons. The highest BCUT2D eigenvalue weighted by molar-refractivity contribution is 7.99. The van der Waals surface area contributed by atoms with Gasteiger partial charge in [-0.3, -0.25) is 14.2 Å². The second kappa shape index (κ2) is 9.64. The van der Waals surface area contributed by atoms with Gasteiger partial charge in [0, 0.05) is 10.6 Å². The number of aromatic hydroxyl groups is 1. The average Bonchev–Trinajstić information content (AvgIpc) is 3.11. The van der Waals surface area contributed by atoms with Crippen LogP contribution in [0, 0.1) is 27.7 Å². The van der Waals surface area contributed by atoms with Gasteiger partial charge in [0.15, 0.2) is 5.16 Å². The molecule has 4 aromatic rings. The molecule has 2 N–H and O–H groups in total. The normalized spacial score (nSPS) is 11.2. The van der Waals surface area contributed by atoms with E-state index in [1.165, 1.54) is 23.1 Å². The average molecular weight is 494 g/mol. The molecular formula is C26H27N3O3S2. The number of nitrogens with zero attached hydrogens (tertiary/aromatic N) is 2. The van der Waals surface area contributed by atoms with E-state index in [0.717, 1.165) is 39.2 Å². The number of rotatable bonds is 6. The minimum atomic E-state index is -0.168. The minimum Gasteiger partial charge on any atom is -0.508 e. The van der Waals surface area contributed by atoms with Crippen LogP contribution in [0.15, 0.2) is 46.3 Å². The van der Waals surface area contributed by atoms with Gasteiger partial charge in [-0.25, -0.2) is 4.98 Å². The predicted octanol–water partition coefficient (Wildman–Crippen LogP) is 5.68. The number of thioether (sulfide) groups is 1. The van der Waals surface area contributed by atoms with E-state index in [9.17, 15) is 14.7 Å². The summed E-state index contributed by atoms with van der Waals surface area (Å²) in [4.78, 5) is 33.1. The fourth-order valence-electron chi connectivity index (χ4n) is 4.03. The smallest absolute Gasteiger partial charge is 0.267 e. The zero-order valence-electron chi connectivity index (χ0n) is 19.9. The fourth-order valence-corrected chi connectivity index (χ4v) is 5.99. The van der Waals surface area contributed by atoms with E-state index in [4.69, 9.17) is 4.98 Å². The summed E-state index contributed by atoms with van der Waals surface area (Å²) in [7, 11) is 0. The maximum atomic E-state index is 13.8. The Balaban J connectivity index is 1.76. The number of thiophene rings is 1. The number of carbonyl (C=O) groups is 1. The summed E-state index contributed by atoms with van der Waals surface area (Å²) >= 11 is 2.73. The summed E-state index contributed by atoms with van der Waals surface area (Å²) in [6.45, 7) is 9.86. The molecule has 8 heteroatoms. The number of hydrogen-bond donors (Lipinski definition) is 2. The Morgan fingerprint density at radius 1 is 1.15 bits per heavy atom. The van der Waals surface area contributed by atoms with Gasteiger partial charge >= 0.3 is 0 Å². The zero-order chi connectivity index (χ0) is 24.6. The number of fused-ring (bicyclic) bond motifs is 1. The molecule has 0 unspecified atom stereocenters. The number of aromatic nitrogens is 2. The van der Waals surface area contributed by atoms with Crippen LogP contribution in [0.5, 0.6) is 5.75 Å². The summed E-state index contributed by atoms with van der Waals surface area (Å²) in [6.07, 6.45) is 0.738. The highest BCUT2D eigenvalue weighted by Crippen LogP contribution is 2.31. The van der Waals surface area contributed by atoms with Gasteiger partial charge in [0.1, 0.15) is 10.6 Å². The quantitative estimate of drug-likeness (QED) is 0.267. The van der Waals surface area contributed by atoms with Crippen molar-refractivity contribution in [3.8, 4) is 11.4 Å². The molecule has 0 saturated heterocycles. The molecule has 1 amide bonds. The number of benzene rings is 2. The highest BCUT2D eigenvalue weighted by Gasteiger charge is 2.21. The van der Waals surface area contributed by atoms with Crippen molar-refractivity contribution in [2.45, 2.75) is 46.2 Å². The number of carbonyl (C=O) groups excluding carboxylic acids is 1. The van der Waals surface area contributed by atoms with Gasteiger partial charge < -0.3 is 10.4 Å². The van der Waals surface area contributed by atoms with Crippen LogP contribution in [-0.4, -0.2) is 26.3 Å². The Bertz CT molecular complexity index is 1470. The van der Waals surface area contributed by atoms with Gasteiger partial charge in [-0.15, -0.1) is 11.3 Å². The maximum Gasteiger partial charge on any atom is 0.267 e. The summed E-state index contributed by atoms with van der Waals surface area (Å²) in [6, 6.07) is 10.7. The van der Waals surface area contributed by atoms with Crippen molar-refractivity contribution in [3.05, 3.63) is 73.9 Å². The molecule has 0 radical (unpaired) electrons. The van der Waals surface area contributed by atoms with Gasteiger partial charge in [-0.05, 0) is 80.6 Å². The van der Waals surface area contributed by atoms with Crippen LogP contribution in [0.2, 0.25) is 0 Å². The van der Waals surface area contributed by atoms with E-state index in [-0.39, 0.29) is 23.0 Å². The van der Waals surface area contributed by atoms with Gasteiger partial charge in [-0.1, -0.05) is 30.8 Å². The lowest BCUT2D eigenvalue weighted by Crippen LogP contribution is -2.23. The lowest BCUT2D eigenvalue weighted by Gasteiger charge is -2.15. The SMILES string of the molecule is CCc1c(C)sc2nc(SCC(=O)Nc3cccc(C)c3C)n(-c3ccc(O)cc3C)c(=O)c12. The van der Waals surface area contributed by atoms with Gasteiger partial charge in [0.2, 0.25) is 5.91 Å².